The largest absolute Gasteiger partial charge is 0.461 e. The number of hydrogen-bond acceptors (Lipinski definition) is 7. The van der Waals surface area contributed by atoms with Gasteiger partial charge in [-0.3, -0.25) is 9.59 Å². The van der Waals surface area contributed by atoms with Crippen LogP contribution in [0, 0.1) is 0 Å². The fraction of sp³-hybridized carbons (Fsp3) is 0.314. The molecule has 0 saturated heterocycles. The number of benzene rings is 3. The summed E-state index contributed by atoms with van der Waals surface area (Å²) in [7, 11) is 0. The van der Waals surface area contributed by atoms with E-state index in [1.54, 1.807) is 20.8 Å². The molecule has 0 fully saturated rings. The van der Waals surface area contributed by atoms with E-state index in [1.165, 1.54) is 6.08 Å². The summed E-state index contributed by atoms with van der Waals surface area (Å²) in [5, 5.41) is 5.25. The Balaban J connectivity index is 1.49. The molecule has 3 aromatic rings. The number of ether oxygens (including phenoxy) is 3. The third-order valence-electron chi connectivity index (χ3n) is 6.98. The summed E-state index contributed by atoms with van der Waals surface area (Å²) in [5.41, 5.74) is 4.21. The summed E-state index contributed by atoms with van der Waals surface area (Å²) in [6.07, 6.45) is 0.255. The van der Waals surface area contributed by atoms with Crippen LogP contribution in [0.25, 0.3) is 11.1 Å². The first kappa shape index (κ1) is 32.0. The second-order valence-electron chi connectivity index (χ2n) is 11.5. The van der Waals surface area contributed by atoms with E-state index >= 15 is 0 Å². The number of esters is 2. The lowest BCUT2D eigenvalue weighted by atomic mass is 9.98. The van der Waals surface area contributed by atoms with E-state index in [2.05, 4.69) is 17.2 Å². The highest BCUT2D eigenvalue weighted by molar-refractivity contribution is 5.92. The van der Waals surface area contributed by atoms with Gasteiger partial charge in [-0.05, 0) is 48.6 Å². The minimum absolute atomic E-state index is 0.0478. The molecule has 44 heavy (non-hydrogen) atoms. The summed E-state index contributed by atoms with van der Waals surface area (Å²) in [5.74, 6) is -2.37. The Morgan fingerprint density at radius 2 is 1.41 bits per heavy atom. The van der Waals surface area contributed by atoms with E-state index < -0.39 is 48.0 Å². The zero-order chi connectivity index (χ0) is 31.7. The van der Waals surface area contributed by atoms with Gasteiger partial charge in [-0.1, -0.05) is 91.5 Å². The van der Waals surface area contributed by atoms with Crippen molar-refractivity contribution in [2.24, 2.45) is 0 Å². The number of nitrogens with one attached hydrogen (secondary N) is 2. The van der Waals surface area contributed by atoms with E-state index in [1.807, 2.05) is 78.9 Å². The molecule has 9 heteroatoms. The van der Waals surface area contributed by atoms with Crippen LogP contribution >= 0.6 is 0 Å². The molecule has 9 nitrogen and oxygen atoms in total. The highest BCUT2D eigenvalue weighted by Crippen LogP contribution is 2.44. The van der Waals surface area contributed by atoms with Crippen molar-refractivity contribution >= 4 is 23.9 Å². The van der Waals surface area contributed by atoms with Crippen LogP contribution in [-0.2, 0) is 35.0 Å². The standard InChI is InChI=1S/C35H38N2O7/c1-5-19-42-31(38)21-30(33(40)44-35(2,3)4)36-32(39)29(20-23-13-7-6-8-14-23)37-34(41)43-22-28-26-17-11-9-15-24(26)25-16-10-12-18-27(25)28/h5-18,28-30H,1,19-22H2,2-4H3,(H,36,39)(H,37,41)/t29-,30-/m0/s1. The molecule has 0 aromatic heterocycles. The molecule has 0 saturated carbocycles. The van der Waals surface area contributed by atoms with E-state index in [9.17, 15) is 19.2 Å². The Morgan fingerprint density at radius 1 is 0.818 bits per heavy atom. The van der Waals surface area contributed by atoms with Crippen LogP contribution in [0.2, 0.25) is 0 Å². The average molecular weight is 599 g/mol. The van der Waals surface area contributed by atoms with Gasteiger partial charge in [0.1, 0.15) is 30.9 Å². The van der Waals surface area contributed by atoms with Crippen molar-refractivity contribution in [3.05, 3.63) is 108 Å². The molecule has 2 atom stereocenters. The zero-order valence-corrected chi connectivity index (χ0v) is 25.2. The molecule has 3 aromatic carbocycles. The molecule has 1 aliphatic carbocycles. The molecule has 0 aliphatic heterocycles. The molecule has 1 aliphatic rings. The van der Waals surface area contributed by atoms with Gasteiger partial charge in [0, 0.05) is 12.3 Å². The second kappa shape index (κ2) is 14.5. The van der Waals surface area contributed by atoms with Gasteiger partial charge >= 0.3 is 18.0 Å². The molecule has 2 N–H and O–H groups in total. The molecule has 0 unspecified atom stereocenters. The fourth-order valence-electron chi connectivity index (χ4n) is 5.06. The van der Waals surface area contributed by atoms with Crippen molar-refractivity contribution < 1.29 is 33.4 Å². The van der Waals surface area contributed by atoms with Crippen LogP contribution in [0.4, 0.5) is 4.79 Å². The first-order valence-corrected chi connectivity index (χ1v) is 14.5. The van der Waals surface area contributed by atoms with Crippen molar-refractivity contribution in [3.8, 4) is 11.1 Å². The van der Waals surface area contributed by atoms with E-state index in [0.29, 0.717) is 0 Å². The highest BCUT2D eigenvalue weighted by Gasteiger charge is 2.33. The lowest BCUT2D eigenvalue weighted by molar-refractivity contribution is -0.161. The van der Waals surface area contributed by atoms with Gasteiger partial charge in [0.05, 0.1) is 6.42 Å². The molecule has 0 radical (unpaired) electrons. The van der Waals surface area contributed by atoms with E-state index in [0.717, 1.165) is 27.8 Å². The van der Waals surface area contributed by atoms with Gasteiger partial charge < -0.3 is 24.8 Å². The summed E-state index contributed by atoms with van der Waals surface area (Å²) < 4.78 is 16.2. The van der Waals surface area contributed by atoms with Gasteiger partial charge in [0.25, 0.3) is 0 Å². The highest BCUT2D eigenvalue weighted by atomic mass is 16.6. The first-order chi connectivity index (χ1) is 21.1. The normalized spacial score (nSPS) is 13.4. The number of hydrogen-bond donors (Lipinski definition) is 2. The van der Waals surface area contributed by atoms with Crippen LogP contribution in [0.3, 0.4) is 0 Å². The van der Waals surface area contributed by atoms with Crippen molar-refractivity contribution in [1.82, 2.24) is 10.6 Å². The number of carbonyl (C=O) groups is 4. The van der Waals surface area contributed by atoms with E-state index in [-0.39, 0.29) is 25.6 Å². The van der Waals surface area contributed by atoms with Crippen LogP contribution in [0.15, 0.2) is 91.5 Å². The predicted octanol–water partition coefficient (Wildman–Crippen LogP) is 5.08. The van der Waals surface area contributed by atoms with Crippen LogP contribution in [-0.4, -0.2) is 54.8 Å². The van der Waals surface area contributed by atoms with Gasteiger partial charge in [0.2, 0.25) is 5.91 Å². The van der Waals surface area contributed by atoms with Crippen LogP contribution in [0.1, 0.15) is 49.8 Å². The lowest BCUT2D eigenvalue weighted by Gasteiger charge is -2.26. The molecule has 0 bridgehead atoms. The summed E-state index contributed by atoms with van der Waals surface area (Å²) >= 11 is 0. The third-order valence-corrected chi connectivity index (χ3v) is 6.98. The molecule has 2 amide bonds. The molecule has 230 valence electrons. The van der Waals surface area contributed by atoms with Crippen LogP contribution < -0.4 is 10.6 Å². The maximum Gasteiger partial charge on any atom is 0.407 e. The Morgan fingerprint density at radius 3 is 2.00 bits per heavy atom. The minimum Gasteiger partial charge on any atom is -0.461 e. The third kappa shape index (κ3) is 8.56. The molecule has 0 spiro atoms. The topological polar surface area (TPSA) is 120 Å². The number of rotatable bonds is 12. The first-order valence-electron chi connectivity index (χ1n) is 14.5. The van der Waals surface area contributed by atoms with Crippen molar-refractivity contribution in [2.45, 2.75) is 57.2 Å². The average Bonchev–Trinajstić information content (AvgIpc) is 3.31. The molecular formula is C35H38N2O7. The van der Waals surface area contributed by atoms with E-state index in [4.69, 9.17) is 14.2 Å². The number of fused-ring (bicyclic) bond motifs is 3. The Kier molecular flexibility index (Phi) is 10.6. The Bertz CT molecular complexity index is 1450. The zero-order valence-electron chi connectivity index (χ0n) is 25.2. The van der Waals surface area contributed by atoms with Gasteiger partial charge in [-0.15, -0.1) is 0 Å². The Labute approximate surface area is 257 Å². The predicted molar refractivity (Wildman–Crippen MR) is 166 cm³/mol. The Hall–Kier alpha value is -4.92. The van der Waals surface area contributed by atoms with Gasteiger partial charge in [-0.25, -0.2) is 9.59 Å². The number of amides is 2. The van der Waals surface area contributed by atoms with Gasteiger partial charge in [-0.2, -0.15) is 0 Å². The van der Waals surface area contributed by atoms with Crippen molar-refractivity contribution in [1.29, 1.82) is 0 Å². The SMILES string of the molecule is C=CCOC(=O)C[C@H](NC(=O)[C@H](Cc1ccccc1)NC(=O)OCC1c2ccccc2-c2ccccc21)C(=O)OC(C)(C)C. The summed E-state index contributed by atoms with van der Waals surface area (Å²) in [6, 6.07) is 22.6. The lowest BCUT2D eigenvalue weighted by Crippen LogP contribution is -2.54. The number of alkyl carbamates (subject to hydrolysis) is 1. The minimum atomic E-state index is -1.35. The van der Waals surface area contributed by atoms with Gasteiger partial charge in [0.15, 0.2) is 0 Å². The monoisotopic (exact) mass is 598 g/mol. The van der Waals surface area contributed by atoms with Crippen molar-refractivity contribution in [2.75, 3.05) is 13.2 Å². The quantitative estimate of drug-likeness (QED) is 0.169. The fourth-order valence-corrected chi connectivity index (χ4v) is 5.06. The maximum absolute atomic E-state index is 13.6. The molecule has 4 rings (SSSR count). The number of carbonyl (C=O) groups excluding carboxylic acids is 4. The molecule has 0 heterocycles. The summed E-state index contributed by atoms with van der Waals surface area (Å²) in [4.78, 5) is 52.1. The van der Waals surface area contributed by atoms with Crippen LogP contribution in [0.5, 0.6) is 0 Å². The van der Waals surface area contributed by atoms with Crippen molar-refractivity contribution in [3.63, 3.8) is 0 Å². The maximum atomic E-state index is 13.6. The second-order valence-corrected chi connectivity index (χ2v) is 11.5. The summed E-state index contributed by atoms with van der Waals surface area (Å²) in [6.45, 7) is 8.56. The smallest absolute Gasteiger partial charge is 0.407 e. The molecular weight excluding hydrogens is 560 g/mol.